The second-order valence-corrected chi connectivity index (χ2v) is 8.53. The second-order valence-electron chi connectivity index (χ2n) is 8.53. The minimum Gasteiger partial charge on any atom is -0.385 e. The van der Waals surface area contributed by atoms with Crippen molar-refractivity contribution in [2.45, 2.75) is 84.5 Å². The molecule has 0 amide bonds. The van der Waals surface area contributed by atoms with Crippen LogP contribution in [-0.2, 0) is 4.74 Å². The number of nitrogens with one attached hydrogen (secondary N) is 1. The number of likely N-dealkylation sites (tertiary alicyclic amines) is 1. The summed E-state index contributed by atoms with van der Waals surface area (Å²) in [5, 5.41) is 10.3. The van der Waals surface area contributed by atoms with E-state index in [1.165, 1.54) is 32.2 Å². The van der Waals surface area contributed by atoms with Crippen molar-refractivity contribution >= 4 is 0 Å². The van der Waals surface area contributed by atoms with Gasteiger partial charge in [0.25, 0.3) is 0 Å². The van der Waals surface area contributed by atoms with Crippen LogP contribution in [0.25, 0.3) is 0 Å². The van der Waals surface area contributed by atoms with Crippen molar-refractivity contribution in [3.63, 3.8) is 0 Å². The van der Waals surface area contributed by atoms with Gasteiger partial charge in [0.1, 0.15) is 12.6 Å². The van der Waals surface area contributed by atoms with Gasteiger partial charge in [-0.25, -0.2) is 0 Å². The Morgan fingerprint density at radius 2 is 2.00 bits per heavy atom. The van der Waals surface area contributed by atoms with E-state index in [4.69, 9.17) is 4.74 Å². The first-order valence-electron chi connectivity index (χ1n) is 9.00. The summed E-state index contributed by atoms with van der Waals surface area (Å²) in [5.74, 6) is 0.739. The fraction of sp³-hybridized carbons (Fsp3) is 1.00. The Morgan fingerprint density at radius 1 is 1.24 bits per heavy atom. The lowest BCUT2D eigenvalue weighted by Crippen LogP contribution is -3.17. The van der Waals surface area contributed by atoms with Crippen LogP contribution < -0.4 is 4.90 Å². The number of piperidine rings is 1. The fourth-order valence-corrected chi connectivity index (χ4v) is 4.55. The van der Waals surface area contributed by atoms with E-state index >= 15 is 0 Å². The number of quaternary nitrogens is 1. The molecule has 2 aliphatic rings. The van der Waals surface area contributed by atoms with Crippen LogP contribution in [0.1, 0.15) is 66.2 Å². The molecule has 21 heavy (non-hydrogen) atoms. The summed E-state index contributed by atoms with van der Waals surface area (Å²) in [4.78, 5) is 1.56. The van der Waals surface area contributed by atoms with Gasteiger partial charge in [-0.05, 0) is 56.8 Å². The molecule has 3 nitrogen and oxygen atoms in total. The van der Waals surface area contributed by atoms with Gasteiger partial charge in [0.2, 0.25) is 0 Å². The topological polar surface area (TPSA) is 33.9 Å². The van der Waals surface area contributed by atoms with E-state index in [-0.39, 0.29) is 6.10 Å². The molecular weight excluding hydrogens is 262 g/mol. The lowest BCUT2D eigenvalue weighted by Gasteiger charge is -2.39. The molecule has 2 N–H and O–H groups in total. The highest BCUT2D eigenvalue weighted by Gasteiger charge is 2.33. The third kappa shape index (κ3) is 5.54. The molecule has 0 spiro atoms. The van der Waals surface area contributed by atoms with Crippen molar-refractivity contribution in [3.8, 4) is 0 Å². The Balaban J connectivity index is 1.72. The summed E-state index contributed by atoms with van der Waals surface area (Å²) >= 11 is 0. The van der Waals surface area contributed by atoms with Crippen LogP contribution in [0.4, 0.5) is 0 Å². The predicted octanol–water partition coefficient (Wildman–Crippen LogP) is 2.04. The van der Waals surface area contributed by atoms with E-state index < -0.39 is 0 Å². The Hall–Kier alpha value is -0.120. The average Bonchev–Trinajstić information content (AvgIpc) is 2.37. The first-order chi connectivity index (χ1) is 9.85. The summed E-state index contributed by atoms with van der Waals surface area (Å²) < 4.78 is 6.06. The molecule has 2 rings (SSSR count). The van der Waals surface area contributed by atoms with Crippen molar-refractivity contribution in [1.29, 1.82) is 0 Å². The molecule has 0 bridgehead atoms. The lowest BCUT2D eigenvalue weighted by atomic mass is 9.71. The number of hydrogen-bond acceptors (Lipinski definition) is 2. The monoisotopic (exact) mass is 298 g/mol. The quantitative estimate of drug-likeness (QED) is 0.814. The molecule has 2 fully saturated rings. The normalized spacial score (nSPS) is 38.1. The van der Waals surface area contributed by atoms with Crippen LogP contribution in [-0.4, -0.2) is 43.1 Å². The molecule has 0 radical (unpaired) electrons. The SMILES string of the molecule is C[C@H]1C[C@@H](OC[C@@H](O)C[NH+]2CCCC[C@@H]2C)CC(C)(C)C1. The van der Waals surface area contributed by atoms with E-state index in [0.29, 0.717) is 24.2 Å². The predicted molar refractivity (Wildman–Crippen MR) is 86.6 cm³/mol. The Bertz CT molecular complexity index is 318. The summed E-state index contributed by atoms with van der Waals surface area (Å²) in [6, 6.07) is 0.696. The maximum atomic E-state index is 10.3. The summed E-state index contributed by atoms with van der Waals surface area (Å²) in [5.41, 5.74) is 0.389. The first-order valence-corrected chi connectivity index (χ1v) is 9.00. The van der Waals surface area contributed by atoms with Crippen LogP contribution >= 0.6 is 0 Å². The van der Waals surface area contributed by atoms with Crippen LogP contribution in [0, 0.1) is 11.3 Å². The van der Waals surface area contributed by atoms with E-state index in [2.05, 4.69) is 27.7 Å². The van der Waals surface area contributed by atoms with Gasteiger partial charge in [-0.2, -0.15) is 0 Å². The fourth-order valence-electron chi connectivity index (χ4n) is 4.55. The van der Waals surface area contributed by atoms with Gasteiger partial charge in [-0.1, -0.05) is 20.8 Å². The Labute approximate surface area is 131 Å². The average molecular weight is 298 g/mol. The van der Waals surface area contributed by atoms with E-state index in [1.54, 1.807) is 4.90 Å². The number of hydrogen-bond donors (Lipinski definition) is 2. The van der Waals surface area contributed by atoms with Gasteiger partial charge >= 0.3 is 0 Å². The van der Waals surface area contributed by atoms with Crippen molar-refractivity contribution < 1.29 is 14.7 Å². The number of aliphatic hydroxyl groups is 1. The van der Waals surface area contributed by atoms with Crippen LogP contribution in [0.5, 0.6) is 0 Å². The molecule has 124 valence electrons. The Morgan fingerprint density at radius 3 is 2.67 bits per heavy atom. The summed E-state index contributed by atoms with van der Waals surface area (Å²) in [6.45, 7) is 11.9. The molecule has 0 aromatic heterocycles. The van der Waals surface area contributed by atoms with E-state index in [0.717, 1.165) is 25.3 Å². The zero-order valence-electron chi connectivity index (χ0n) is 14.5. The lowest BCUT2D eigenvalue weighted by molar-refractivity contribution is -0.931. The minimum atomic E-state index is -0.305. The van der Waals surface area contributed by atoms with Crippen LogP contribution in [0.15, 0.2) is 0 Å². The third-order valence-corrected chi connectivity index (χ3v) is 5.45. The Kier molecular flexibility index (Phi) is 6.10. The molecule has 1 unspecified atom stereocenters. The molecular formula is C18H36NO2+. The van der Waals surface area contributed by atoms with Gasteiger partial charge in [-0.15, -0.1) is 0 Å². The molecule has 1 saturated carbocycles. The first kappa shape index (κ1) is 17.2. The maximum absolute atomic E-state index is 10.3. The zero-order valence-corrected chi connectivity index (χ0v) is 14.5. The van der Waals surface area contributed by atoms with Crippen molar-refractivity contribution in [2.24, 2.45) is 11.3 Å². The number of ether oxygens (including phenoxy) is 1. The van der Waals surface area contributed by atoms with Gasteiger partial charge in [-0.3, -0.25) is 0 Å². The third-order valence-electron chi connectivity index (χ3n) is 5.45. The van der Waals surface area contributed by atoms with Gasteiger partial charge in [0.15, 0.2) is 0 Å². The highest BCUT2D eigenvalue weighted by molar-refractivity contribution is 4.83. The highest BCUT2D eigenvalue weighted by atomic mass is 16.5. The van der Waals surface area contributed by atoms with Crippen LogP contribution in [0.2, 0.25) is 0 Å². The molecule has 0 aromatic rings. The second kappa shape index (κ2) is 7.43. The number of aliphatic hydroxyl groups excluding tert-OH is 1. The molecule has 0 aromatic carbocycles. The zero-order chi connectivity index (χ0) is 15.5. The maximum Gasteiger partial charge on any atom is 0.126 e. The van der Waals surface area contributed by atoms with E-state index in [9.17, 15) is 5.11 Å². The minimum absolute atomic E-state index is 0.305. The molecule has 5 atom stereocenters. The summed E-state index contributed by atoms with van der Waals surface area (Å²) in [6.07, 6.45) is 7.59. The largest absolute Gasteiger partial charge is 0.385 e. The van der Waals surface area contributed by atoms with Crippen molar-refractivity contribution in [2.75, 3.05) is 19.7 Å². The highest BCUT2D eigenvalue weighted by Crippen LogP contribution is 2.39. The van der Waals surface area contributed by atoms with E-state index in [1.807, 2.05) is 0 Å². The molecule has 1 heterocycles. The summed E-state index contributed by atoms with van der Waals surface area (Å²) in [7, 11) is 0. The van der Waals surface area contributed by atoms with Gasteiger partial charge < -0.3 is 14.7 Å². The molecule has 1 saturated heterocycles. The standard InChI is InChI=1S/C18H35NO2/c1-14-9-17(11-18(3,4)10-14)21-13-16(20)12-19-8-6-5-7-15(19)2/h14-17,20H,5-13H2,1-4H3/p+1/t14-,15-,16-,17+/m0/s1. The van der Waals surface area contributed by atoms with Crippen LogP contribution in [0.3, 0.4) is 0 Å². The smallest absolute Gasteiger partial charge is 0.126 e. The van der Waals surface area contributed by atoms with Crippen molar-refractivity contribution in [1.82, 2.24) is 0 Å². The molecule has 1 aliphatic carbocycles. The molecule has 1 aliphatic heterocycles. The van der Waals surface area contributed by atoms with Gasteiger partial charge in [0, 0.05) is 0 Å². The number of rotatable bonds is 5. The van der Waals surface area contributed by atoms with Crippen molar-refractivity contribution in [3.05, 3.63) is 0 Å². The molecule has 3 heteroatoms. The van der Waals surface area contributed by atoms with Gasteiger partial charge in [0.05, 0.1) is 25.3 Å².